The first kappa shape index (κ1) is 19.3. The maximum atomic E-state index is 6.00. The lowest BCUT2D eigenvalue weighted by Gasteiger charge is -2.26. The monoisotopic (exact) mass is 400 g/mol. The highest BCUT2D eigenvalue weighted by atomic mass is 35.5. The third-order valence-corrected chi connectivity index (χ3v) is 4.71. The molecule has 0 fully saturated rings. The van der Waals surface area contributed by atoms with E-state index in [9.17, 15) is 0 Å². The van der Waals surface area contributed by atoms with Gasteiger partial charge < -0.3 is 19.4 Å². The van der Waals surface area contributed by atoms with Gasteiger partial charge in [0.2, 0.25) is 0 Å². The number of nitrogens with zero attached hydrogens (tertiary/aromatic N) is 1. The number of hydrogen-bond donors (Lipinski definition) is 1. The fourth-order valence-electron chi connectivity index (χ4n) is 2.70. The maximum Gasteiger partial charge on any atom is 0.174 e. The molecule has 0 amide bonds. The van der Waals surface area contributed by atoms with Crippen molar-refractivity contribution in [3.8, 4) is 5.75 Å². The first-order valence-electron chi connectivity index (χ1n) is 8.52. The SMILES string of the molecule is COc1cc(C)ccc1NC(=S)N(Cc1ccc(Cl)cc1)Cc1ccco1. The van der Waals surface area contributed by atoms with E-state index in [0.29, 0.717) is 23.2 Å². The average molecular weight is 401 g/mol. The minimum Gasteiger partial charge on any atom is -0.495 e. The van der Waals surface area contributed by atoms with Crippen molar-refractivity contribution in [2.45, 2.75) is 20.0 Å². The largest absolute Gasteiger partial charge is 0.495 e. The van der Waals surface area contributed by atoms with Crippen LogP contribution in [0.2, 0.25) is 5.02 Å². The highest BCUT2D eigenvalue weighted by Crippen LogP contribution is 2.26. The second-order valence-electron chi connectivity index (χ2n) is 6.20. The van der Waals surface area contributed by atoms with Crippen molar-refractivity contribution in [2.75, 3.05) is 12.4 Å². The van der Waals surface area contributed by atoms with Crippen LogP contribution in [0.5, 0.6) is 5.75 Å². The number of hydrogen-bond acceptors (Lipinski definition) is 3. The Bertz CT molecular complexity index is 895. The van der Waals surface area contributed by atoms with Crippen molar-refractivity contribution in [3.05, 3.63) is 82.8 Å². The van der Waals surface area contributed by atoms with Crippen LogP contribution >= 0.6 is 23.8 Å². The van der Waals surface area contributed by atoms with Crippen LogP contribution in [0.4, 0.5) is 5.69 Å². The van der Waals surface area contributed by atoms with E-state index in [2.05, 4.69) is 5.32 Å². The van der Waals surface area contributed by atoms with Crippen molar-refractivity contribution >= 4 is 34.6 Å². The van der Waals surface area contributed by atoms with Gasteiger partial charge in [-0.2, -0.15) is 0 Å². The highest BCUT2D eigenvalue weighted by molar-refractivity contribution is 7.80. The van der Waals surface area contributed by atoms with Crippen LogP contribution in [0.3, 0.4) is 0 Å². The number of halogens is 1. The molecule has 27 heavy (non-hydrogen) atoms. The molecule has 0 spiro atoms. The number of nitrogens with one attached hydrogen (secondary N) is 1. The smallest absolute Gasteiger partial charge is 0.174 e. The van der Waals surface area contributed by atoms with Gasteiger partial charge in [-0.1, -0.05) is 29.8 Å². The zero-order valence-corrected chi connectivity index (χ0v) is 16.8. The van der Waals surface area contributed by atoms with Gasteiger partial charge in [-0.15, -0.1) is 0 Å². The van der Waals surface area contributed by atoms with Crippen LogP contribution in [0.1, 0.15) is 16.9 Å². The molecule has 0 saturated carbocycles. The summed E-state index contributed by atoms with van der Waals surface area (Å²) >= 11 is 11.7. The Kier molecular flexibility index (Phi) is 6.37. The third-order valence-electron chi connectivity index (χ3n) is 4.10. The Morgan fingerprint density at radius 2 is 1.93 bits per heavy atom. The van der Waals surface area contributed by atoms with Crippen LogP contribution in [-0.4, -0.2) is 17.1 Å². The van der Waals surface area contributed by atoms with Gasteiger partial charge in [0.1, 0.15) is 11.5 Å². The molecule has 0 unspecified atom stereocenters. The topological polar surface area (TPSA) is 37.6 Å². The molecular formula is C21H21ClN2O2S. The Morgan fingerprint density at radius 3 is 2.59 bits per heavy atom. The Hall–Kier alpha value is -2.50. The number of thiocarbonyl (C=S) groups is 1. The van der Waals surface area contributed by atoms with Gasteiger partial charge >= 0.3 is 0 Å². The molecular weight excluding hydrogens is 380 g/mol. The van der Waals surface area contributed by atoms with E-state index >= 15 is 0 Å². The predicted octanol–water partition coefficient (Wildman–Crippen LogP) is 5.65. The van der Waals surface area contributed by atoms with Crippen LogP contribution in [-0.2, 0) is 13.1 Å². The lowest BCUT2D eigenvalue weighted by molar-refractivity contribution is 0.360. The van der Waals surface area contributed by atoms with Crippen molar-refractivity contribution in [2.24, 2.45) is 0 Å². The molecule has 0 aliphatic rings. The molecule has 4 nitrogen and oxygen atoms in total. The summed E-state index contributed by atoms with van der Waals surface area (Å²) in [6, 6.07) is 17.5. The number of methoxy groups -OCH3 is 1. The van der Waals surface area contributed by atoms with Gasteiger partial charge in [-0.3, -0.25) is 0 Å². The van der Waals surface area contributed by atoms with Gasteiger partial charge in [0.05, 0.1) is 25.6 Å². The lowest BCUT2D eigenvalue weighted by atomic mass is 10.2. The Morgan fingerprint density at radius 1 is 1.15 bits per heavy atom. The average Bonchev–Trinajstić information content (AvgIpc) is 3.17. The summed E-state index contributed by atoms with van der Waals surface area (Å²) < 4.78 is 11.0. The zero-order valence-electron chi connectivity index (χ0n) is 15.2. The number of aryl methyl sites for hydroxylation is 1. The summed E-state index contributed by atoms with van der Waals surface area (Å²) in [5.74, 6) is 1.59. The van der Waals surface area contributed by atoms with Gasteiger partial charge in [-0.25, -0.2) is 0 Å². The molecule has 3 rings (SSSR count). The summed E-state index contributed by atoms with van der Waals surface area (Å²) in [6.07, 6.45) is 1.66. The molecule has 0 aliphatic heterocycles. The van der Waals surface area contributed by atoms with E-state index in [1.54, 1.807) is 13.4 Å². The maximum absolute atomic E-state index is 6.00. The summed E-state index contributed by atoms with van der Waals surface area (Å²) in [4.78, 5) is 2.04. The fraction of sp³-hybridized carbons (Fsp3) is 0.190. The van der Waals surface area contributed by atoms with Crippen LogP contribution < -0.4 is 10.1 Å². The van der Waals surface area contributed by atoms with E-state index < -0.39 is 0 Å². The van der Waals surface area contributed by atoms with Gasteiger partial charge in [0, 0.05) is 11.6 Å². The highest BCUT2D eigenvalue weighted by Gasteiger charge is 2.15. The molecule has 1 heterocycles. The van der Waals surface area contributed by atoms with Crippen LogP contribution in [0.15, 0.2) is 65.3 Å². The molecule has 1 aromatic heterocycles. The summed E-state index contributed by atoms with van der Waals surface area (Å²) in [7, 11) is 1.65. The van der Waals surface area contributed by atoms with E-state index in [-0.39, 0.29) is 0 Å². The first-order valence-corrected chi connectivity index (χ1v) is 9.31. The van der Waals surface area contributed by atoms with E-state index in [4.69, 9.17) is 33.0 Å². The zero-order chi connectivity index (χ0) is 19.2. The van der Waals surface area contributed by atoms with Gasteiger partial charge in [0.25, 0.3) is 0 Å². The minimum absolute atomic E-state index is 0.551. The molecule has 3 aromatic rings. The molecule has 0 radical (unpaired) electrons. The summed E-state index contributed by atoms with van der Waals surface area (Å²) in [5, 5.41) is 4.59. The standard InChI is InChI=1S/C21H21ClN2O2S/c1-15-5-10-19(20(12-15)25-2)23-21(27)24(14-18-4-3-11-26-18)13-16-6-8-17(22)9-7-16/h3-12H,13-14H2,1-2H3,(H,23,27). The second kappa shape index (κ2) is 8.93. The number of rotatable bonds is 6. The normalized spacial score (nSPS) is 10.5. The number of anilines is 1. The number of furan rings is 1. The predicted molar refractivity (Wildman–Crippen MR) is 113 cm³/mol. The number of ether oxygens (including phenoxy) is 1. The summed E-state index contributed by atoms with van der Waals surface area (Å²) in [5.41, 5.74) is 3.05. The third kappa shape index (κ3) is 5.25. The number of benzene rings is 2. The molecule has 0 bridgehead atoms. The minimum atomic E-state index is 0.551. The van der Waals surface area contributed by atoms with Crippen molar-refractivity contribution < 1.29 is 9.15 Å². The molecule has 0 saturated heterocycles. The molecule has 0 aliphatic carbocycles. The van der Waals surface area contributed by atoms with Crippen molar-refractivity contribution in [1.29, 1.82) is 0 Å². The quantitative estimate of drug-likeness (QED) is 0.541. The van der Waals surface area contributed by atoms with E-state index in [1.165, 1.54) is 0 Å². The van der Waals surface area contributed by atoms with E-state index in [0.717, 1.165) is 28.3 Å². The lowest BCUT2D eigenvalue weighted by Crippen LogP contribution is -2.33. The molecule has 140 valence electrons. The van der Waals surface area contributed by atoms with Crippen LogP contribution in [0.25, 0.3) is 0 Å². The van der Waals surface area contributed by atoms with Gasteiger partial charge in [-0.05, 0) is 66.7 Å². The molecule has 1 N–H and O–H groups in total. The second-order valence-corrected chi connectivity index (χ2v) is 7.02. The van der Waals surface area contributed by atoms with Crippen LogP contribution in [0, 0.1) is 6.92 Å². The van der Waals surface area contributed by atoms with Crippen molar-refractivity contribution in [1.82, 2.24) is 4.90 Å². The summed E-state index contributed by atoms with van der Waals surface area (Å²) in [6.45, 7) is 3.20. The molecule has 0 atom stereocenters. The van der Waals surface area contributed by atoms with Gasteiger partial charge in [0.15, 0.2) is 5.11 Å². The van der Waals surface area contributed by atoms with E-state index in [1.807, 2.05) is 66.4 Å². The Balaban J connectivity index is 1.80. The fourth-order valence-corrected chi connectivity index (χ4v) is 3.06. The Labute approximate surface area is 169 Å². The molecule has 6 heteroatoms. The van der Waals surface area contributed by atoms with Crippen molar-refractivity contribution in [3.63, 3.8) is 0 Å². The first-order chi connectivity index (χ1) is 13.0. The molecule has 2 aromatic carbocycles.